The molecule has 1 unspecified atom stereocenters. The van der Waals surface area contributed by atoms with Crippen LogP contribution in [0.1, 0.15) is 35.4 Å². The second kappa shape index (κ2) is 10.1. The molecule has 2 N–H and O–H groups in total. The van der Waals surface area contributed by atoms with Crippen LogP contribution in [0.15, 0.2) is 77.2 Å². The number of fused-ring (bicyclic) bond motifs is 1. The summed E-state index contributed by atoms with van der Waals surface area (Å²) in [7, 11) is 3.06. The highest BCUT2D eigenvalue weighted by atomic mass is 16.5. The number of amides is 2. The number of hydrogen-bond donors (Lipinski definition) is 2. The molecule has 1 atom stereocenters. The molecule has 0 aliphatic carbocycles. The number of nitrogens with one attached hydrogen (secondary N) is 2. The van der Waals surface area contributed by atoms with Crippen molar-refractivity contribution in [1.29, 1.82) is 0 Å². The minimum absolute atomic E-state index is 0.00957. The van der Waals surface area contributed by atoms with Gasteiger partial charge in [0.05, 0.1) is 25.8 Å². The molecule has 0 aliphatic heterocycles. The number of rotatable bonds is 8. The molecule has 7 heteroatoms. The predicted molar refractivity (Wildman–Crippen MR) is 132 cm³/mol. The molecule has 4 rings (SSSR count). The lowest BCUT2D eigenvalue weighted by Gasteiger charge is -2.16. The van der Waals surface area contributed by atoms with Gasteiger partial charge >= 0.3 is 0 Å². The summed E-state index contributed by atoms with van der Waals surface area (Å²) < 4.78 is 16.5. The van der Waals surface area contributed by atoms with Crippen LogP contribution in [0.25, 0.3) is 11.0 Å². The number of methoxy groups -OCH3 is 2. The van der Waals surface area contributed by atoms with E-state index >= 15 is 0 Å². The monoisotopic (exact) mass is 458 g/mol. The van der Waals surface area contributed by atoms with E-state index in [1.54, 1.807) is 31.4 Å². The van der Waals surface area contributed by atoms with Crippen molar-refractivity contribution in [3.63, 3.8) is 0 Å². The molecule has 174 valence electrons. The Hall–Kier alpha value is -4.26. The van der Waals surface area contributed by atoms with E-state index in [4.69, 9.17) is 13.9 Å². The van der Waals surface area contributed by atoms with Gasteiger partial charge in [-0.15, -0.1) is 0 Å². The van der Waals surface area contributed by atoms with Gasteiger partial charge in [-0.05, 0) is 36.2 Å². The van der Waals surface area contributed by atoms with Crippen molar-refractivity contribution >= 4 is 34.2 Å². The number of benzene rings is 3. The van der Waals surface area contributed by atoms with Crippen molar-refractivity contribution in [2.24, 2.45) is 0 Å². The number of carbonyl (C=O) groups excluding carboxylic acids is 2. The SMILES string of the molecule is CCC(C(=O)Nc1c(C(=O)Nc2ccc(OC)cc2OC)oc2ccccc12)c1ccccc1. The lowest BCUT2D eigenvalue weighted by atomic mass is 9.95. The summed E-state index contributed by atoms with van der Waals surface area (Å²) in [5.74, 6) is -0.0515. The number of anilines is 2. The number of hydrogen-bond acceptors (Lipinski definition) is 5. The zero-order chi connectivity index (χ0) is 24.1. The van der Waals surface area contributed by atoms with Crippen LogP contribution in [0.5, 0.6) is 11.5 Å². The van der Waals surface area contributed by atoms with Gasteiger partial charge in [0.2, 0.25) is 11.7 Å². The van der Waals surface area contributed by atoms with Crippen molar-refractivity contribution in [3.8, 4) is 11.5 Å². The highest BCUT2D eigenvalue weighted by Gasteiger charge is 2.26. The van der Waals surface area contributed by atoms with E-state index in [9.17, 15) is 9.59 Å². The molecule has 0 bridgehead atoms. The lowest BCUT2D eigenvalue weighted by molar-refractivity contribution is -0.117. The fourth-order valence-electron chi connectivity index (χ4n) is 3.88. The van der Waals surface area contributed by atoms with E-state index in [0.29, 0.717) is 40.3 Å². The first-order chi connectivity index (χ1) is 16.5. The first-order valence-electron chi connectivity index (χ1n) is 11.0. The highest BCUT2D eigenvalue weighted by molar-refractivity contribution is 6.15. The van der Waals surface area contributed by atoms with Gasteiger partial charge < -0.3 is 24.5 Å². The number of para-hydroxylation sites is 1. The topological polar surface area (TPSA) is 89.8 Å². The molecular formula is C27H26N2O5. The summed E-state index contributed by atoms with van der Waals surface area (Å²) >= 11 is 0. The minimum atomic E-state index is -0.511. The minimum Gasteiger partial charge on any atom is -0.497 e. The Morgan fingerprint density at radius 2 is 1.65 bits per heavy atom. The Morgan fingerprint density at radius 3 is 2.35 bits per heavy atom. The van der Waals surface area contributed by atoms with Gasteiger partial charge in [-0.25, -0.2) is 0 Å². The molecule has 0 spiro atoms. The molecule has 1 heterocycles. The largest absolute Gasteiger partial charge is 0.497 e. The lowest BCUT2D eigenvalue weighted by Crippen LogP contribution is -2.22. The zero-order valence-electron chi connectivity index (χ0n) is 19.3. The first-order valence-corrected chi connectivity index (χ1v) is 11.0. The Labute approximate surface area is 197 Å². The van der Waals surface area contributed by atoms with Crippen molar-refractivity contribution < 1.29 is 23.5 Å². The summed E-state index contributed by atoms with van der Waals surface area (Å²) in [5.41, 5.74) is 2.18. The second-order valence-corrected chi connectivity index (χ2v) is 7.68. The van der Waals surface area contributed by atoms with E-state index < -0.39 is 5.91 Å². The van der Waals surface area contributed by atoms with E-state index in [-0.39, 0.29) is 17.6 Å². The molecule has 3 aromatic carbocycles. The van der Waals surface area contributed by atoms with E-state index in [2.05, 4.69) is 10.6 Å². The van der Waals surface area contributed by atoms with E-state index in [0.717, 1.165) is 5.56 Å². The van der Waals surface area contributed by atoms with Gasteiger partial charge in [0.25, 0.3) is 5.91 Å². The summed E-state index contributed by atoms with van der Waals surface area (Å²) in [6, 6.07) is 21.8. The van der Waals surface area contributed by atoms with Crippen LogP contribution in [0, 0.1) is 0 Å². The molecular weight excluding hydrogens is 432 g/mol. The highest BCUT2D eigenvalue weighted by Crippen LogP contribution is 2.35. The van der Waals surface area contributed by atoms with Crippen molar-refractivity contribution in [1.82, 2.24) is 0 Å². The average Bonchev–Trinajstić information content (AvgIpc) is 3.24. The van der Waals surface area contributed by atoms with Gasteiger partial charge in [-0.1, -0.05) is 49.4 Å². The maximum absolute atomic E-state index is 13.3. The van der Waals surface area contributed by atoms with Crippen LogP contribution in [-0.2, 0) is 4.79 Å². The van der Waals surface area contributed by atoms with Crippen LogP contribution in [0.4, 0.5) is 11.4 Å². The quantitative estimate of drug-likeness (QED) is 0.346. The Balaban J connectivity index is 1.68. The summed E-state index contributed by atoms with van der Waals surface area (Å²) in [4.78, 5) is 26.5. The molecule has 0 saturated heterocycles. The normalized spacial score (nSPS) is 11.6. The Morgan fingerprint density at radius 1 is 0.912 bits per heavy atom. The van der Waals surface area contributed by atoms with Crippen LogP contribution in [0.3, 0.4) is 0 Å². The van der Waals surface area contributed by atoms with Gasteiger partial charge in [0, 0.05) is 11.5 Å². The number of furan rings is 1. The average molecular weight is 459 g/mol. The molecule has 0 saturated carbocycles. The summed E-state index contributed by atoms with van der Waals surface area (Å²) in [6.45, 7) is 1.95. The fraction of sp³-hybridized carbons (Fsp3) is 0.185. The zero-order valence-corrected chi connectivity index (χ0v) is 19.3. The van der Waals surface area contributed by atoms with Gasteiger partial charge in [0.1, 0.15) is 22.8 Å². The molecule has 7 nitrogen and oxygen atoms in total. The fourth-order valence-corrected chi connectivity index (χ4v) is 3.88. The van der Waals surface area contributed by atoms with Crippen LogP contribution < -0.4 is 20.1 Å². The molecule has 1 aromatic heterocycles. The molecule has 0 aliphatic rings. The predicted octanol–water partition coefficient (Wildman–Crippen LogP) is 5.83. The third-order valence-corrected chi connectivity index (χ3v) is 5.63. The van der Waals surface area contributed by atoms with Crippen LogP contribution in [0.2, 0.25) is 0 Å². The second-order valence-electron chi connectivity index (χ2n) is 7.68. The smallest absolute Gasteiger partial charge is 0.293 e. The third kappa shape index (κ3) is 4.59. The maximum Gasteiger partial charge on any atom is 0.293 e. The number of ether oxygens (including phenoxy) is 2. The first kappa shape index (κ1) is 22.9. The number of carbonyl (C=O) groups is 2. The molecule has 0 radical (unpaired) electrons. The standard InChI is InChI=1S/C27H26N2O5/c1-4-19(17-10-6-5-7-11-17)26(30)29-24-20-12-8-9-13-22(20)34-25(24)27(31)28-21-15-14-18(32-2)16-23(21)33-3/h5-16,19H,4H2,1-3H3,(H,28,31)(H,29,30). The Bertz CT molecular complexity index is 1310. The van der Waals surface area contributed by atoms with Crippen LogP contribution in [-0.4, -0.2) is 26.0 Å². The Kier molecular flexibility index (Phi) is 6.82. The molecule has 2 amide bonds. The summed E-state index contributed by atoms with van der Waals surface area (Å²) in [6.07, 6.45) is 0.607. The summed E-state index contributed by atoms with van der Waals surface area (Å²) in [5, 5.41) is 6.41. The van der Waals surface area contributed by atoms with Crippen molar-refractivity contribution in [3.05, 3.63) is 84.1 Å². The molecule has 34 heavy (non-hydrogen) atoms. The maximum atomic E-state index is 13.3. The van der Waals surface area contributed by atoms with Gasteiger partial charge in [-0.3, -0.25) is 9.59 Å². The van der Waals surface area contributed by atoms with Gasteiger partial charge in [-0.2, -0.15) is 0 Å². The van der Waals surface area contributed by atoms with Crippen LogP contribution >= 0.6 is 0 Å². The van der Waals surface area contributed by atoms with Gasteiger partial charge in [0.15, 0.2) is 0 Å². The van der Waals surface area contributed by atoms with Crippen molar-refractivity contribution in [2.45, 2.75) is 19.3 Å². The van der Waals surface area contributed by atoms with E-state index in [1.807, 2.05) is 55.5 Å². The third-order valence-electron chi connectivity index (χ3n) is 5.63. The van der Waals surface area contributed by atoms with Crippen molar-refractivity contribution in [2.75, 3.05) is 24.9 Å². The van der Waals surface area contributed by atoms with E-state index in [1.165, 1.54) is 7.11 Å². The molecule has 4 aromatic rings. The molecule has 0 fully saturated rings.